The van der Waals surface area contributed by atoms with Gasteiger partial charge in [0, 0.05) is 37.1 Å². The Labute approximate surface area is 250 Å². The molecular weight excluding hydrogens is 546 g/mol. The smallest absolute Gasteiger partial charge is 0.278 e. The number of benzene rings is 1. The molecule has 1 aromatic carbocycles. The van der Waals surface area contributed by atoms with Gasteiger partial charge in [0.1, 0.15) is 11.1 Å². The van der Waals surface area contributed by atoms with Crippen molar-refractivity contribution in [1.29, 1.82) is 0 Å². The van der Waals surface area contributed by atoms with Gasteiger partial charge in [-0.1, -0.05) is 6.08 Å². The molecule has 2 aliphatic rings. The van der Waals surface area contributed by atoms with Gasteiger partial charge in [-0.25, -0.2) is 19.0 Å². The summed E-state index contributed by atoms with van der Waals surface area (Å²) in [5.41, 5.74) is 2.18. The van der Waals surface area contributed by atoms with Gasteiger partial charge in [-0.15, -0.1) is 11.7 Å². The maximum atomic E-state index is 13.3. The molecule has 2 aliphatic heterocycles. The van der Waals surface area contributed by atoms with Gasteiger partial charge >= 0.3 is 0 Å². The zero-order valence-corrected chi connectivity index (χ0v) is 25.0. The standard InChI is InChI=1S/C31H39N9O3/c1-5-16-38-29(42)23-20-33-30(35-28(23)40(38)26-8-9-27(41)39(36-26)21(2)3)34-22-6-7-24(25(19-22)43-4)37-17-12-31(13-18-37)10-14-32-15-11-31/h5-9,19-21,32H,1,10-18H2,2-4H3,(H,33,34,35). The second-order valence-electron chi connectivity index (χ2n) is 11.7. The van der Waals surface area contributed by atoms with E-state index in [2.05, 4.69) is 38.3 Å². The first-order valence-electron chi connectivity index (χ1n) is 14.9. The summed E-state index contributed by atoms with van der Waals surface area (Å²) in [6.07, 6.45) is 8.05. The molecule has 0 aliphatic carbocycles. The van der Waals surface area contributed by atoms with Crippen LogP contribution in [0.3, 0.4) is 0 Å². The summed E-state index contributed by atoms with van der Waals surface area (Å²) in [7, 11) is 1.69. The van der Waals surface area contributed by atoms with Crippen LogP contribution in [0.25, 0.3) is 16.9 Å². The van der Waals surface area contributed by atoms with Crippen LogP contribution in [0.15, 0.2) is 58.8 Å². The number of nitrogens with one attached hydrogen (secondary N) is 2. The lowest BCUT2D eigenvalue weighted by Gasteiger charge is -2.45. The predicted octanol–water partition coefficient (Wildman–Crippen LogP) is 3.63. The number of nitrogens with zero attached hydrogens (tertiary/aromatic N) is 7. The number of hydrogen-bond donors (Lipinski definition) is 2. The highest BCUT2D eigenvalue weighted by Gasteiger charge is 2.36. The van der Waals surface area contributed by atoms with E-state index >= 15 is 0 Å². The number of aromatic nitrogens is 6. The van der Waals surface area contributed by atoms with Crippen LogP contribution in [-0.2, 0) is 6.54 Å². The molecule has 43 heavy (non-hydrogen) atoms. The van der Waals surface area contributed by atoms with E-state index in [0.717, 1.165) is 43.3 Å². The number of fused-ring (bicyclic) bond motifs is 1. The van der Waals surface area contributed by atoms with Gasteiger partial charge in [0.2, 0.25) is 5.95 Å². The number of rotatable bonds is 8. The number of anilines is 3. The molecule has 0 radical (unpaired) electrons. The third kappa shape index (κ3) is 5.42. The number of ether oxygens (including phenoxy) is 1. The van der Waals surface area contributed by atoms with Crippen LogP contribution in [0.4, 0.5) is 17.3 Å². The molecule has 0 amide bonds. The fourth-order valence-electron chi connectivity index (χ4n) is 6.33. The molecule has 2 N–H and O–H groups in total. The van der Waals surface area contributed by atoms with Gasteiger partial charge in [-0.3, -0.25) is 9.59 Å². The van der Waals surface area contributed by atoms with Crippen LogP contribution in [0.5, 0.6) is 5.75 Å². The highest BCUT2D eigenvalue weighted by Crippen LogP contribution is 2.42. The van der Waals surface area contributed by atoms with Crippen molar-refractivity contribution in [3.05, 3.63) is 69.9 Å². The van der Waals surface area contributed by atoms with Crippen LogP contribution in [0, 0.1) is 5.41 Å². The number of methoxy groups -OCH3 is 1. The Kier molecular flexibility index (Phi) is 7.78. The molecule has 5 heterocycles. The maximum absolute atomic E-state index is 13.3. The zero-order chi connectivity index (χ0) is 30.1. The van der Waals surface area contributed by atoms with Crippen molar-refractivity contribution in [3.63, 3.8) is 0 Å². The molecular formula is C31H39N9O3. The molecule has 3 aromatic heterocycles. The van der Waals surface area contributed by atoms with E-state index in [-0.39, 0.29) is 23.7 Å². The largest absolute Gasteiger partial charge is 0.495 e. The molecule has 6 rings (SSSR count). The van der Waals surface area contributed by atoms with E-state index in [4.69, 9.17) is 9.72 Å². The SMILES string of the molecule is C=CCn1c(=O)c2cnc(Nc3ccc(N4CCC5(CCNCC5)CC4)c(OC)c3)nc2n1-c1ccc(=O)n(C(C)C)n1. The average Bonchev–Trinajstić information content (AvgIpc) is 3.28. The Hall–Kier alpha value is -4.45. The Morgan fingerprint density at radius 2 is 1.88 bits per heavy atom. The Bertz CT molecular complexity index is 1750. The van der Waals surface area contributed by atoms with E-state index in [1.54, 1.807) is 23.9 Å². The lowest BCUT2D eigenvalue weighted by atomic mass is 9.71. The molecule has 2 fully saturated rings. The molecule has 12 nitrogen and oxygen atoms in total. The van der Waals surface area contributed by atoms with E-state index in [9.17, 15) is 9.59 Å². The fourth-order valence-corrected chi connectivity index (χ4v) is 6.33. The van der Waals surface area contributed by atoms with E-state index < -0.39 is 0 Å². The minimum Gasteiger partial charge on any atom is -0.495 e. The highest BCUT2D eigenvalue weighted by molar-refractivity contribution is 5.77. The molecule has 12 heteroatoms. The van der Waals surface area contributed by atoms with Crippen molar-refractivity contribution >= 4 is 28.4 Å². The first-order chi connectivity index (χ1) is 20.8. The van der Waals surface area contributed by atoms with Crippen molar-refractivity contribution in [2.45, 2.75) is 52.1 Å². The molecule has 1 spiro atoms. The summed E-state index contributed by atoms with van der Waals surface area (Å²) in [4.78, 5) is 37.3. The second-order valence-corrected chi connectivity index (χ2v) is 11.7. The van der Waals surface area contributed by atoms with E-state index in [1.807, 2.05) is 26.0 Å². The Balaban J connectivity index is 1.31. The lowest BCUT2D eigenvalue weighted by molar-refractivity contribution is 0.154. The molecule has 226 valence electrons. The molecule has 0 atom stereocenters. The summed E-state index contributed by atoms with van der Waals surface area (Å²) in [6, 6.07) is 8.90. The number of allylic oxidation sites excluding steroid dienone is 1. The van der Waals surface area contributed by atoms with Crippen LogP contribution in [-0.4, -0.2) is 62.4 Å². The topological polar surface area (TPSA) is 124 Å². The third-order valence-corrected chi connectivity index (χ3v) is 8.76. The van der Waals surface area contributed by atoms with E-state index in [0.29, 0.717) is 28.2 Å². The monoisotopic (exact) mass is 585 g/mol. The number of piperidine rings is 2. The minimum absolute atomic E-state index is 0.158. The van der Waals surface area contributed by atoms with E-state index in [1.165, 1.54) is 47.3 Å². The normalized spacial score (nSPS) is 16.6. The zero-order valence-electron chi connectivity index (χ0n) is 25.0. The molecule has 0 bridgehead atoms. The third-order valence-electron chi connectivity index (χ3n) is 8.76. The summed E-state index contributed by atoms with van der Waals surface area (Å²) >= 11 is 0. The van der Waals surface area contributed by atoms with Gasteiger partial charge in [-0.05, 0) is 76.2 Å². The van der Waals surface area contributed by atoms with Crippen molar-refractivity contribution < 1.29 is 4.74 Å². The first-order valence-corrected chi connectivity index (χ1v) is 14.9. The second kappa shape index (κ2) is 11.7. The molecule has 0 saturated carbocycles. The van der Waals surface area contributed by atoms with Gasteiger partial charge in [-0.2, -0.15) is 4.98 Å². The summed E-state index contributed by atoms with van der Waals surface area (Å²) in [5, 5.41) is 11.6. The Morgan fingerprint density at radius 1 is 1.12 bits per heavy atom. The lowest BCUT2D eigenvalue weighted by Crippen LogP contribution is -2.45. The molecule has 4 aromatic rings. The predicted molar refractivity (Wildman–Crippen MR) is 168 cm³/mol. The van der Waals surface area contributed by atoms with Crippen LogP contribution in [0.2, 0.25) is 0 Å². The Morgan fingerprint density at radius 3 is 2.58 bits per heavy atom. The van der Waals surface area contributed by atoms with Crippen molar-refractivity contribution in [3.8, 4) is 11.6 Å². The van der Waals surface area contributed by atoms with Crippen LogP contribution in [0.1, 0.15) is 45.6 Å². The fraction of sp³-hybridized carbons (Fsp3) is 0.452. The summed E-state index contributed by atoms with van der Waals surface area (Å²) in [5.74, 6) is 1.49. The highest BCUT2D eigenvalue weighted by atomic mass is 16.5. The van der Waals surface area contributed by atoms with Gasteiger partial charge in [0.05, 0.1) is 25.4 Å². The van der Waals surface area contributed by atoms with Gasteiger partial charge in [0.25, 0.3) is 11.1 Å². The van der Waals surface area contributed by atoms with Crippen LogP contribution >= 0.6 is 0 Å². The minimum atomic E-state index is -0.274. The molecule has 0 unspecified atom stereocenters. The molecule has 2 saturated heterocycles. The summed E-state index contributed by atoms with van der Waals surface area (Å²) < 4.78 is 10.3. The first kappa shape index (κ1) is 28.7. The van der Waals surface area contributed by atoms with Crippen molar-refractivity contribution in [1.82, 2.24) is 34.4 Å². The number of hydrogen-bond acceptors (Lipinski definition) is 9. The summed E-state index contributed by atoms with van der Waals surface area (Å²) in [6.45, 7) is 12.1. The van der Waals surface area contributed by atoms with Crippen molar-refractivity contribution in [2.24, 2.45) is 5.41 Å². The van der Waals surface area contributed by atoms with Crippen molar-refractivity contribution in [2.75, 3.05) is 43.5 Å². The van der Waals surface area contributed by atoms with Gasteiger partial charge < -0.3 is 20.3 Å². The van der Waals surface area contributed by atoms with Gasteiger partial charge in [0.15, 0.2) is 11.5 Å². The maximum Gasteiger partial charge on any atom is 0.278 e. The van der Waals surface area contributed by atoms with Crippen LogP contribution < -0.4 is 31.4 Å². The quantitative estimate of drug-likeness (QED) is 0.298. The average molecular weight is 586 g/mol.